The highest BCUT2D eigenvalue weighted by Gasteiger charge is 2.32. The van der Waals surface area contributed by atoms with E-state index >= 15 is 0 Å². The number of nitrogens with one attached hydrogen (secondary N) is 1. The van der Waals surface area contributed by atoms with E-state index in [0.29, 0.717) is 32.0 Å². The Balaban J connectivity index is 1.82. The molecule has 0 bridgehead atoms. The first-order valence-corrected chi connectivity index (χ1v) is 9.93. The summed E-state index contributed by atoms with van der Waals surface area (Å²) in [7, 11) is 0. The number of carbonyl (C=O) groups is 1. The second-order valence-electron chi connectivity index (χ2n) is 6.58. The van der Waals surface area contributed by atoms with Gasteiger partial charge in [-0.1, -0.05) is 11.8 Å². The number of morpholine rings is 1. The van der Waals surface area contributed by atoms with Gasteiger partial charge in [0.2, 0.25) is 5.91 Å². The summed E-state index contributed by atoms with van der Waals surface area (Å²) in [6.07, 6.45) is -4.53. The number of halogens is 3. The van der Waals surface area contributed by atoms with Gasteiger partial charge < -0.3 is 26.4 Å². The van der Waals surface area contributed by atoms with Crippen LogP contribution in [0.5, 0.6) is 0 Å². The molecule has 12 heteroatoms. The third-order valence-electron chi connectivity index (χ3n) is 4.33. The zero-order chi connectivity index (χ0) is 21.9. The van der Waals surface area contributed by atoms with Gasteiger partial charge in [0.25, 0.3) is 0 Å². The van der Waals surface area contributed by atoms with E-state index in [1.165, 1.54) is 12.1 Å². The van der Waals surface area contributed by atoms with Crippen LogP contribution in [0, 0.1) is 0 Å². The molecule has 1 aliphatic heterocycles. The normalized spacial score (nSPS) is 15.7. The number of anilines is 4. The second kappa shape index (κ2) is 8.96. The molecule has 0 unspecified atom stereocenters. The summed E-state index contributed by atoms with van der Waals surface area (Å²) in [5.74, 6) is -0.186. The number of nitrogens with zero attached hydrogens (tertiary/aromatic N) is 3. The lowest BCUT2D eigenvalue weighted by atomic mass is 10.1. The number of carbonyl (C=O) groups excluding carboxylic acids is 1. The third-order valence-corrected chi connectivity index (χ3v) is 5.29. The van der Waals surface area contributed by atoms with Crippen LogP contribution < -0.4 is 21.7 Å². The lowest BCUT2D eigenvalue weighted by Gasteiger charge is -2.31. The number of rotatable bonds is 5. The predicted molar refractivity (Wildman–Crippen MR) is 109 cm³/mol. The molecule has 3 rings (SSSR count). The maximum atomic E-state index is 13.2. The molecule has 0 spiro atoms. The largest absolute Gasteiger partial charge is 0.416 e. The molecule has 162 valence electrons. The van der Waals surface area contributed by atoms with Crippen LogP contribution in [0.2, 0.25) is 0 Å². The smallest absolute Gasteiger partial charge is 0.383 e. The number of benzene rings is 1. The Morgan fingerprint density at radius 1 is 1.20 bits per heavy atom. The van der Waals surface area contributed by atoms with Gasteiger partial charge in [-0.05, 0) is 25.1 Å². The number of alkyl halides is 3. The van der Waals surface area contributed by atoms with Crippen molar-refractivity contribution in [2.75, 3.05) is 48.0 Å². The summed E-state index contributed by atoms with van der Waals surface area (Å²) in [6, 6.07) is 4.69. The van der Waals surface area contributed by atoms with E-state index in [0.717, 1.165) is 23.9 Å². The standard InChI is InChI=1S/C18H21F3N6O2S/c1-10(30-17-25-14(22)9-15(23)26-17)16(28)24-12-8-11(18(19,20)21)2-3-13(12)27-4-6-29-7-5-27/h2-3,8-10H,4-7H2,1H3,(H,24,28)(H4,22,23,25,26)/t10-/m0/s1. The fourth-order valence-electron chi connectivity index (χ4n) is 2.85. The van der Waals surface area contributed by atoms with Gasteiger partial charge in [0.1, 0.15) is 11.6 Å². The second-order valence-corrected chi connectivity index (χ2v) is 7.89. The van der Waals surface area contributed by atoms with Crippen molar-refractivity contribution in [1.82, 2.24) is 9.97 Å². The highest BCUT2D eigenvalue weighted by molar-refractivity contribution is 8.00. The van der Waals surface area contributed by atoms with Crippen LogP contribution in [0.15, 0.2) is 29.4 Å². The van der Waals surface area contributed by atoms with E-state index in [9.17, 15) is 18.0 Å². The molecule has 1 aromatic carbocycles. The first-order valence-electron chi connectivity index (χ1n) is 9.05. The van der Waals surface area contributed by atoms with E-state index in [-0.39, 0.29) is 22.5 Å². The molecule has 8 nitrogen and oxygen atoms in total. The molecule has 1 amide bonds. The molecule has 0 radical (unpaired) electrons. The quantitative estimate of drug-likeness (QED) is 0.478. The average Bonchev–Trinajstić information content (AvgIpc) is 2.67. The minimum absolute atomic E-state index is 0.0807. The Labute approximate surface area is 175 Å². The number of amides is 1. The highest BCUT2D eigenvalue weighted by Crippen LogP contribution is 2.36. The number of ether oxygens (including phenoxy) is 1. The Morgan fingerprint density at radius 2 is 1.83 bits per heavy atom. The lowest BCUT2D eigenvalue weighted by molar-refractivity contribution is -0.137. The Morgan fingerprint density at radius 3 is 2.43 bits per heavy atom. The number of nitrogen functional groups attached to an aromatic ring is 2. The van der Waals surface area contributed by atoms with Crippen LogP contribution in [0.25, 0.3) is 0 Å². The summed E-state index contributed by atoms with van der Waals surface area (Å²) in [5.41, 5.74) is 11.0. The lowest BCUT2D eigenvalue weighted by Crippen LogP contribution is -2.37. The van der Waals surface area contributed by atoms with Crippen LogP contribution in [0.1, 0.15) is 12.5 Å². The molecule has 1 saturated heterocycles. The summed E-state index contributed by atoms with van der Waals surface area (Å²) in [4.78, 5) is 22.6. The summed E-state index contributed by atoms with van der Waals surface area (Å²) < 4.78 is 44.9. The van der Waals surface area contributed by atoms with Crippen LogP contribution in [0.3, 0.4) is 0 Å². The highest BCUT2D eigenvalue weighted by atomic mass is 32.2. The summed E-state index contributed by atoms with van der Waals surface area (Å²) in [5, 5.41) is 2.10. The van der Waals surface area contributed by atoms with Crippen LogP contribution in [-0.2, 0) is 15.7 Å². The Bertz CT molecular complexity index is 901. The number of hydrogen-bond donors (Lipinski definition) is 3. The monoisotopic (exact) mass is 442 g/mol. The minimum atomic E-state index is -4.53. The first-order chi connectivity index (χ1) is 14.1. The van der Waals surface area contributed by atoms with Gasteiger partial charge >= 0.3 is 6.18 Å². The van der Waals surface area contributed by atoms with Crippen molar-refractivity contribution >= 4 is 40.7 Å². The molecule has 2 heterocycles. The van der Waals surface area contributed by atoms with Gasteiger partial charge in [-0.15, -0.1) is 0 Å². The SMILES string of the molecule is C[C@H](Sc1nc(N)cc(N)n1)C(=O)Nc1cc(C(F)(F)F)ccc1N1CCOCC1. The van der Waals surface area contributed by atoms with E-state index in [1.807, 2.05) is 4.90 Å². The Kier molecular flexibility index (Phi) is 6.56. The molecule has 5 N–H and O–H groups in total. The molecule has 2 aromatic rings. The molecular weight excluding hydrogens is 421 g/mol. The van der Waals surface area contributed by atoms with Crippen LogP contribution in [-0.4, -0.2) is 47.4 Å². The minimum Gasteiger partial charge on any atom is -0.383 e. The zero-order valence-electron chi connectivity index (χ0n) is 16.1. The summed E-state index contributed by atoms with van der Waals surface area (Å²) in [6.45, 7) is 3.51. The first kappa shape index (κ1) is 22.0. The van der Waals surface area contributed by atoms with Crippen LogP contribution in [0.4, 0.5) is 36.2 Å². The fraction of sp³-hybridized carbons (Fsp3) is 0.389. The number of nitrogens with two attached hydrogens (primary N) is 2. The molecule has 0 aliphatic carbocycles. The average molecular weight is 442 g/mol. The van der Waals surface area contributed by atoms with Crippen molar-refractivity contribution in [3.05, 3.63) is 29.8 Å². The fourth-order valence-corrected chi connectivity index (χ4v) is 3.65. The van der Waals surface area contributed by atoms with Crippen molar-refractivity contribution in [1.29, 1.82) is 0 Å². The van der Waals surface area contributed by atoms with Gasteiger partial charge in [0, 0.05) is 19.2 Å². The van der Waals surface area contributed by atoms with Crippen molar-refractivity contribution in [2.24, 2.45) is 0 Å². The van der Waals surface area contributed by atoms with Gasteiger partial charge in [0.05, 0.1) is 35.4 Å². The maximum Gasteiger partial charge on any atom is 0.416 e. The number of aromatic nitrogens is 2. The van der Waals surface area contributed by atoms with E-state index in [1.54, 1.807) is 6.92 Å². The van der Waals surface area contributed by atoms with E-state index in [4.69, 9.17) is 16.2 Å². The topological polar surface area (TPSA) is 119 Å². The molecule has 0 saturated carbocycles. The molecule has 30 heavy (non-hydrogen) atoms. The van der Waals surface area contributed by atoms with Crippen LogP contribution >= 0.6 is 11.8 Å². The predicted octanol–water partition coefficient (Wildman–Crippen LogP) is 2.62. The van der Waals surface area contributed by atoms with Gasteiger partial charge in [0.15, 0.2) is 5.16 Å². The van der Waals surface area contributed by atoms with Crippen molar-refractivity contribution in [3.63, 3.8) is 0 Å². The van der Waals surface area contributed by atoms with E-state index in [2.05, 4.69) is 15.3 Å². The third kappa shape index (κ3) is 5.45. The van der Waals surface area contributed by atoms with Gasteiger partial charge in [-0.25, -0.2) is 9.97 Å². The number of thioether (sulfide) groups is 1. The van der Waals surface area contributed by atoms with Gasteiger partial charge in [-0.2, -0.15) is 13.2 Å². The molecular formula is C18H21F3N6O2S. The maximum absolute atomic E-state index is 13.2. The molecule has 1 fully saturated rings. The molecule has 1 aliphatic rings. The Hall–Kier alpha value is -2.73. The van der Waals surface area contributed by atoms with Gasteiger partial charge in [-0.3, -0.25) is 4.79 Å². The summed E-state index contributed by atoms with van der Waals surface area (Å²) >= 11 is 1.00. The van der Waals surface area contributed by atoms with Crippen molar-refractivity contribution in [3.8, 4) is 0 Å². The van der Waals surface area contributed by atoms with Crippen molar-refractivity contribution < 1.29 is 22.7 Å². The van der Waals surface area contributed by atoms with E-state index < -0.39 is 22.9 Å². The molecule has 1 aromatic heterocycles. The molecule has 1 atom stereocenters. The number of hydrogen-bond acceptors (Lipinski definition) is 8. The zero-order valence-corrected chi connectivity index (χ0v) is 16.9. The van der Waals surface area contributed by atoms with Crippen molar-refractivity contribution in [2.45, 2.75) is 23.5 Å².